The third kappa shape index (κ3) is 4.39. The summed E-state index contributed by atoms with van der Waals surface area (Å²) in [5, 5.41) is 3.28. The molecule has 1 aliphatic carbocycles. The van der Waals surface area contributed by atoms with Crippen LogP contribution in [-0.4, -0.2) is 26.0 Å². The number of halogens is 2. The molecule has 0 fully saturated rings. The maximum Gasteiger partial charge on any atom is 0.336 e. The number of benzene rings is 3. The van der Waals surface area contributed by atoms with Crippen molar-refractivity contribution in [3.8, 4) is 11.5 Å². The first-order chi connectivity index (χ1) is 17.8. The fraction of sp³-hybridized carbons (Fsp3) is 0.172. The van der Waals surface area contributed by atoms with Gasteiger partial charge in [0.2, 0.25) is 0 Å². The van der Waals surface area contributed by atoms with Crippen molar-refractivity contribution in [1.29, 1.82) is 0 Å². The SMILES string of the molecule is COC(=O)C1=C(C)NC2=C(C(=O)c3ccccc32)[C@H]1c1cc(I)c(OCc2cccc(F)c2)c(OC)c1. The monoisotopic (exact) mass is 611 g/mol. The lowest BCUT2D eigenvalue weighted by Crippen LogP contribution is -2.29. The number of methoxy groups -OCH3 is 2. The van der Waals surface area contributed by atoms with E-state index >= 15 is 0 Å². The van der Waals surface area contributed by atoms with Gasteiger partial charge in [-0.1, -0.05) is 36.4 Å². The second kappa shape index (κ2) is 10.0. The third-order valence-corrected chi connectivity index (χ3v) is 7.31. The van der Waals surface area contributed by atoms with Crippen molar-refractivity contribution in [2.45, 2.75) is 19.4 Å². The van der Waals surface area contributed by atoms with Crippen LogP contribution >= 0.6 is 22.6 Å². The van der Waals surface area contributed by atoms with Crippen LogP contribution in [0.1, 0.15) is 39.9 Å². The quantitative estimate of drug-likeness (QED) is 0.283. The summed E-state index contributed by atoms with van der Waals surface area (Å²) in [6.07, 6.45) is 0. The molecule has 0 bridgehead atoms. The Kier molecular flexibility index (Phi) is 6.76. The molecule has 5 rings (SSSR count). The molecule has 0 unspecified atom stereocenters. The van der Waals surface area contributed by atoms with Crippen LogP contribution in [0.5, 0.6) is 11.5 Å². The highest BCUT2D eigenvalue weighted by molar-refractivity contribution is 14.1. The maximum atomic E-state index is 13.6. The maximum absolute atomic E-state index is 13.6. The third-order valence-electron chi connectivity index (χ3n) is 6.51. The second-order valence-electron chi connectivity index (χ2n) is 8.70. The Morgan fingerprint density at radius 2 is 1.81 bits per heavy atom. The van der Waals surface area contributed by atoms with Gasteiger partial charge in [-0.05, 0) is 64.9 Å². The van der Waals surface area contributed by atoms with Gasteiger partial charge in [-0.3, -0.25) is 4.79 Å². The molecule has 37 heavy (non-hydrogen) atoms. The van der Waals surface area contributed by atoms with Crippen molar-refractivity contribution in [2.24, 2.45) is 0 Å². The Bertz CT molecular complexity index is 1510. The number of carbonyl (C=O) groups excluding carboxylic acids is 2. The highest BCUT2D eigenvalue weighted by Gasteiger charge is 2.43. The van der Waals surface area contributed by atoms with E-state index in [1.54, 1.807) is 31.2 Å². The van der Waals surface area contributed by atoms with Gasteiger partial charge in [0.05, 0.1) is 29.1 Å². The number of carbonyl (C=O) groups is 2. The number of dihydropyridines is 1. The van der Waals surface area contributed by atoms with Gasteiger partial charge in [0.25, 0.3) is 0 Å². The highest BCUT2D eigenvalue weighted by Crippen LogP contribution is 2.48. The Morgan fingerprint density at radius 1 is 1.05 bits per heavy atom. The largest absolute Gasteiger partial charge is 0.493 e. The van der Waals surface area contributed by atoms with Crippen LogP contribution in [0.4, 0.5) is 4.39 Å². The highest BCUT2D eigenvalue weighted by atomic mass is 127. The Hall–Kier alpha value is -3.66. The van der Waals surface area contributed by atoms with Crippen LogP contribution in [0.3, 0.4) is 0 Å². The van der Waals surface area contributed by atoms with Crippen LogP contribution in [-0.2, 0) is 16.1 Å². The van der Waals surface area contributed by atoms with Gasteiger partial charge in [0, 0.05) is 28.3 Å². The molecular formula is C29H23FINO5. The van der Waals surface area contributed by atoms with Gasteiger partial charge >= 0.3 is 5.97 Å². The first kappa shape index (κ1) is 25.0. The lowest BCUT2D eigenvalue weighted by atomic mass is 9.79. The molecule has 188 valence electrons. The topological polar surface area (TPSA) is 73.9 Å². The van der Waals surface area contributed by atoms with Crippen LogP contribution in [0.15, 0.2) is 77.5 Å². The smallest absolute Gasteiger partial charge is 0.336 e. The molecule has 2 aliphatic rings. The number of hydrogen-bond donors (Lipinski definition) is 1. The van der Waals surface area contributed by atoms with Crippen LogP contribution in [0.25, 0.3) is 5.70 Å². The normalized spacial score (nSPS) is 16.2. The molecule has 0 radical (unpaired) electrons. The molecule has 1 atom stereocenters. The molecule has 3 aromatic carbocycles. The zero-order valence-corrected chi connectivity index (χ0v) is 22.5. The van der Waals surface area contributed by atoms with E-state index < -0.39 is 11.9 Å². The molecule has 6 nitrogen and oxygen atoms in total. The molecule has 1 aliphatic heterocycles. The average Bonchev–Trinajstić information content (AvgIpc) is 3.17. The summed E-state index contributed by atoms with van der Waals surface area (Å²) >= 11 is 2.14. The second-order valence-corrected chi connectivity index (χ2v) is 9.87. The molecular weight excluding hydrogens is 588 g/mol. The van der Waals surface area contributed by atoms with Crippen molar-refractivity contribution in [1.82, 2.24) is 5.32 Å². The number of rotatable bonds is 6. The summed E-state index contributed by atoms with van der Waals surface area (Å²) in [6.45, 7) is 1.94. The zero-order valence-electron chi connectivity index (χ0n) is 20.4. The molecule has 0 aromatic heterocycles. The minimum atomic E-state index is -0.678. The van der Waals surface area contributed by atoms with E-state index in [4.69, 9.17) is 14.2 Å². The van der Waals surface area contributed by atoms with Crippen molar-refractivity contribution in [3.05, 3.63) is 109 Å². The Labute approximate surface area is 227 Å². The number of esters is 1. The van der Waals surface area contributed by atoms with E-state index in [0.29, 0.717) is 54.3 Å². The van der Waals surface area contributed by atoms with E-state index in [9.17, 15) is 14.0 Å². The first-order valence-corrected chi connectivity index (χ1v) is 12.6. The fourth-order valence-corrected chi connectivity index (χ4v) is 5.65. The predicted molar refractivity (Wildman–Crippen MR) is 145 cm³/mol. The van der Waals surface area contributed by atoms with E-state index in [-0.39, 0.29) is 18.2 Å². The standard InChI is InChI=1S/C29H23FINO5/c1-15-23(29(34)36-3)24(25-26(32-15)19-9-4-5-10-20(19)27(25)33)17-12-21(31)28(22(13-17)35-2)37-14-16-7-6-8-18(30)11-16/h4-13,24,32H,14H2,1-3H3/t24-/m0/s1. The summed E-state index contributed by atoms with van der Waals surface area (Å²) in [7, 11) is 2.85. The van der Waals surface area contributed by atoms with Crippen LogP contribution in [0, 0.1) is 9.39 Å². The minimum Gasteiger partial charge on any atom is -0.493 e. The zero-order chi connectivity index (χ0) is 26.3. The Morgan fingerprint density at radius 3 is 2.51 bits per heavy atom. The van der Waals surface area contributed by atoms with Gasteiger partial charge in [0.15, 0.2) is 17.3 Å². The minimum absolute atomic E-state index is 0.141. The molecule has 3 aromatic rings. The van der Waals surface area contributed by atoms with Gasteiger partial charge < -0.3 is 19.5 Å². The number of nitrogens with one attached hydrogen (secondary N) is 1. The fourth-order valence-electron chi connectivity index (χ4n) is 4.87. The summed E-state index contributed by atoms with van der Waals surface area (Å²) in [5.74, 6) is -0.761. The van der Waals surface area contributed by atoms with Gasteiger partial charge in [-0.15, -0.1) is 0 Å². The van der Waals surface area contributed by atoms with Crippen molar-refractivity contribution in [3.63, 3.8) is 0 Å². The van der Waals surface area contributed by atoms with Crippen molar-refractivity contribution >= 4 is 40.0 Å². The predicted octanol–water partition coefficient (Wildman–Crippen LogP) is 5.76. The number of Topliss-reactive ketones (excluding diaryl/α,β-unsaturated/α-hetero) is 1. The Balaban J connectivity index is 1.60. The number of hydrogen-bond acceptors (Lipinski definition) is 6. The summed E-state index contributed by atoms with van der Waals surface area (Å²) in [4.78, 5) is 26.6. The molecule has 1 N–H and O–H groups in total. The molecule has 1 heterocycles. The van der Waals surface area contributed by atoms with Crippen LogP contribution < -0.4 is 14.8 Å². The van der Waals surface area contributed by atoms with E-state index in [1.165, 1.54) is 26.4 Å². The number of ether oxygens (including phenoxy) is 3. The molecule has 0 saturated carbocycles. The lowest BCUT2D eigenvalue weighted by Gasteiger charge is -2.29. The van der Waals surface area contributed by atoms with Gasteiger partial charge in [-0.2, -0.15) is 0 Å². The first-order valence-electron chi connectivity index (χ1n) is 11.5. The summed E-state index contributed by atoms with van der Waals surface area (Å²) in [5.41, 5.74) is 4.89. The summed E-state index contributed by atoms with van der Waals surface area (Å²) < 4.78 is 31.1. The van der Waals surface area contributed by atoms with Crippen LogP contribution in [0.2, 0.25) is 0 Å². The molecule has 0 saturated heterocycles. The van der Waals surface area contributed by atoms with E-state index in [1.807, 2.05) is 24.3 Å². The number of ketones is 1. The average molecular weight is 611 g/mol. The van der Waals surface area contributed by atoms with Gasteiger partial charge in [0.1, 0.15) is 12.4 Å². The van der Waals surface area contributed by atoms with Crippen molar-refractivity contribution in [2.75, 3.05) is 14.2 Å². The van der Waals surface area contributed by atoms with Gasteiger partial charge in [-0.25, -0.2) is 9.18 Å². The van der Waals surface area contributed by atoms with Crippen molar-refractivity contribution < 1.29 is 28.2 Å². The van der Waals surface area contributed by atoms with E-state index in [0.717, 1.165) is 5.56 Å². The number of fused-ring (bicyclic) bond motifs is 2. The molecule has 0 amide bonds. The lowest BCUT2D eigenvalue weighted by molar-refractivity contribution is -0.136. The number of allylic oxidation sites excluding steroid dienone is 2. The summed E-state index contributed by atoms with van der Waals surface area (Å²) in [6, 6.07) is 17.2. The van der Waals surface area contributed by atoms with E-state index in [2.05, 4.69) is 27.9 Å². The molecule has 8 heteroatoms. The molecule has 0 spiro atoms.